The van der Waals surface area contributed by atoms with Crippen LogP contribution in [0, 0.1) is 22.7 Å². The SMILES string of the molecule is N#C/C(=C/c1ncc[nH]1)C(=O)Nc1nc(-c2ccccc2)cs1.N#C/C(=C\c1cnc[nH]1)C(=O)Nc1nc(-c2ccccc2)cs1. The summed E-state index contributed by atoms with van der Waals surface area (Å²) < 4.78 is 0. The van der Waals surface area contributed by atoms with Gasteiger partial charge in [0.1, 0.15) is 29.1 Å². The van der Waals surface area contributed by atoms with Crippen molar-refractivity contribution < 1.29 is 9.59 Å². The number of nitrogens with one attached hydrogen (secondary N) is 4. The number of thiazole rings is 2. The average Bonchev–Trinajstić information content (AvgIpc) is 3.93. The summed E-state index contributed by atoms with van der Waals surface area (Å²) in [5.41, 5.74) is 4.01. The largest absolute Gasteiger partial charge is 0.345 e. The van der Waals surface area contributed by atoms with Gasteiger partial charge in [-0.1, -0.05) is 60.7 Å². The zero-order valence-corrected chi connectivity index (χ0v) is 25.3. The third-order valence-electron chi connectivity index (χ3n) is 5.94. The summed E-state index contributed by atoms with van der Waals surface area (Å²) in [5.74, 6) is -0.574. The number of imidazole rings is 2. The molecule has 0 saturated heterocycles. The van der Waals surface area contributed by atoms with Gasteiger partial charge in [-0.25, -0.2) is 19.9 Å². The summed E-state index contributed by atoms with van der Waals surface area (Å²) in [6, 6.07) is 23.1. The first-order valence-corrected chi connectivity index (χ1v) is 15.1. The van der Waals surface area contributed by atoms with Crippen molar-refractivity contribution in [1.82, 2.24) is 29.9 Å². The van der Waals surface area contributed by atoms with Crippen molar-refractivity contribution >= 4 is 56.9 Å². The van der Waals surface area contributed by atoms with Crippen molar-refractivity contribution in [3.05, 3.63) is 119 Å². The molecule has 0 aliphatic heterocycles. The number of benzene rings is 2. The number of hydrogen-bond donors (Lipinski definition) is 4. The first-order valence-electron chi connectivity index (χ1n) is 13.4. The van der Waals surface area contributed by atoms with Gasteiger partial charge in [0.2, 0.25) is 0 Å². The standard InChI is InChI=1S/2C16H11N5OS/c17-7-12(6-13-8-18-10-19-13)15(22)21-16-20-14(9-23-16)11-4-2-1-3-5-11;17-9-12(8-14-18-6-7-19-14)15(22)21-16-20-13(10-23-16)11-4-2-1-3-5-11/h1-6,8-10H,(H,18,19)(H,20,21,22);1-8,10H,(H,18,19)(H,20,21,22)/b12-6+;12-8-. The van der Waals surface area contributed by atoms with E-state index in [9.17, 15) is 9.59 Å². The first kappa shape index (κ1) is 31.0. The molecule has 2 aromatic carbocycles. The Morgan fingerprint density at radius 1 is 0.761 bits per heavy atom. The molecule has 2 amide bonds. The molecule has 0 atom stereocenters. The molecule has 46 heavy (non-hydrogen) atoms. The molecular weight excluding hydrogens is 621 g/mol. The number of anilines is 2. The minimum Gasteiger partial charge on any atom is -0.345 e. The van der Waals surface area contributed by atoms with E-state index in [1.807, 2.05) is 83.6 Å². The van der Waals surface area contributed by atoms with Gasteiger partial charge in [0.15, 0.2) is 10.3 Å². The average molecular weight is 643 g/mol. The van der Waals surface area contributed by atoms with Crippen molar-refractivity contribution in [2.75, 3.05) is 10.6 Å². The number of carbonyl (C=O) groups is 2. The van der Waals surface area contributed by atoms with Crippen LogP contribution in [0.1, 0.15) is 11.5 Å². The van der Waals surface area contributed by atoms with Crippen LogP contribution < -0.4 is 10.6 Å². The van der Waals surface area contributed by atoms with Crippen molar-refractivity contribution in [1.29, 1.82) is 10.5 Å². The third-order valence-corrected chi connectivity index (χ3v) is 7.45. The monoisotopic (exact) mass is 642 g/mol. The summed E-state index contributed by atoms with van der Waals surface area (Å²) in [6.07, 6.45) is 9.00. The highest BCUT2D eigenvalue weighted by Crippen LogP contribution is 2.26. The predicted octanol–water partition coefficient (Wildman–Crippen LogP) is 6.16. The fourth-order valence-electron chi connectivity index (χ4n) is 3.77. The van der Waals surface area contributed by atoms with E-state index in [4.69, 9.17) is 10.5 Å². The number of H-pyrrole nitrogens is 2. The first-order chi connectivity index (χ1) is 22.5. The van der Waals surface area contributed by atoms with Crippen molar-refractivity contribution in [3.63, 3.8) is 0 Å². The van der Waals surface area contributed by atoms with Gasteiger partial charge in [-0.05, 0) is 6.08 Å². The van der Waals surface area contributed by atoms with Crippen molar-refractivity contribution in [3.8, 4) is 34.7 Å². The Morgan fingerprint density at radius 2 is 1.30 bits per heavy atom. The molecule has 0 aliphatic rings. The van der Waals surface area contributed by atoms with Crippen LogP contribution in [0.2, 0.25) is 0 Å². The van der Waals surface area contributed by atoms with Gasteiger partial charge in [-0.3, -0.25) is 20.2 Å². The van der Waals surface area contributed by atoms with E-state index < -0.39 is 11.8 Å². The highest BCUT2D eigenvalue weighted by Gasteiger charge is 2.14. The number of rotatable bonds is 8. The number of aromatic nitrogens is 6. The van der Waals surface area contributed by atoms with Crippen molar-refractivity contribution in [2.45, 2.75) is 0 Å². The number of carbonyl (C=O) groups excluding carboxylic acids is 2. The second-order valence-corrected chi connectivity index (χ2v) is 10.8. The molecule has 0 saturated carbocycles. The smallest absolute Gasteiger partial charge is 0.268 e. The lowest BCUT2D eigenvalue weighted by Gasteiger charge is -1.99. The van der Waals surface area contributed by atoms with Gasteiger partial charge in [0.05, 0.1) is 29.6 Å². The van der Waals surface area contributed by atoms with E-state index in [-0.39, 0.29) is 11.1 Å². The quantitative estimate of drug-likeness (QED) is 0.112. The highest BCUT2D eigenvalue weighted by atomic mass is 32.1. The molecular formula is C32H22N10O2S2. The molecule has 0 unspecified atom stereocenters. The van der Waals surface area contributed by atoms with Crippen molar-refractivity contribution in [2.24, 2.45) is 0 Å². The lowest BCUT2D eigenvalue weighted by molar-refractivity contribution is -0.113. The number of aromatic amines is 2. The van der Waals surface area contributed by atoms with Crippen LogP contribution in [0.3, 0.4) is 0 Å². The summed E-state index contributed by atoms with van der Waals surface area (Å²) in [6.45, 7) is 0. The Kier molecular flexibility index (Phi) is 10.3. The molecule has 4 heterocycles. The molecule has 4 aromatic heterocycles. The maximum atomic E-state index is 12.1. The van der Waals surface area contributed by atoms with Gasteiger partial charge >= 0.3 is 0 Å². The number of nitrogens with zero attached hydrogens (tertiary/aromatic N) is 6. The molecule has 0 bridgehead atoms. The minimum absolute atomic E-state index is 0.0225. The molecule has 0 radical (unpaired) electrons. The molecule has 0 fully saturated rings. The Bertz CT molecular complexity index is 1900. The van der Waals surface area contributed by atoms with Gasteiger partial charge < -0.3 is 9.97 Å². The second-order valence-electron chi connectivity index (χ2n) is 9.04. The summed E-state index contributed by atoms with van der Waals surface area (Å²) in [5, 5.41) is 28.1. The van der Waals surface area contributed by atoms with Crippen LogP contribution in [0.25, 0.3) is 34.7 Å². The zero-order chi connectivity index (χ0) is 32.1. The summed E-state index contributed by atoms with van der Waals surface area (Å²) in [4.78, 5) is 46.4. The fraction of sp³-hybridized carbons (Fsp3) is 0. The fourth-order valence-corrected chi connectivity index (χ4v) is 5.20. The second kappa shape index (κ2) is 15.3. The molecule has 12 nitrogen and oxygen atoms in total. The Morgan fingerprint density at radius 3 is 1.76 bits per heavy atom. The van der Waals surface area contributed by atoms with E-state index >= 15 is 0 Å². The van der Waals surface area contributed by atoms with E-state index in [1.165, 1.54) is 47.3 Å². The van der Waals surface area contributed by atoms with Crippen LogP contribution in [0.15, 0.2) is 107 Å². The topological polar surface area (TPSA) is 189 Å². The zero-order valence-electron chi connectivity index (χ0n) is 23.7. The third kappa shape index (κ3) is 8.33. The molecule has 0 aliphatic carbocycles. The minimum atomic E-state index is -0.516. The molecule has 14 heteroatoms. The van der Waals surface area contributed by atoms with Crippen LogP contribution in [-0.4, -0.2) is 41.7 Å². The molecule has 224 valence electrons. The number of hydrogen-bond acceptors (Lipinski definition) is 10. The summed E-state index contributed by atoms with van der Waals surface area (Å²) in [7, 11) is 0. The Labute approximate surface area is 270 Å². The number of amides is 2. The van der Waals surface area contributed by atoms with Crippen LogP contribution in [-0.2, 0) is 9.59 Å². The van der Waals surface area contributed by atoms with Crippen LogP contribution >= 0.6 is 22.7 Å². The molecule has 0 spiro atoms. The van der Waals surface area contributed by atoms with Gasteiger partial charge in [0.25, 0.3) is 11.8 Å². The molecule has 6 rings (SSSR count). The van der Waals surface area contributed by atoms with E-state index in [0.717, 1.165) is 22.5 Å². The van der Waals surface area contributed by atoms with E-state index in [0.29, 0.717) is 21.8 Å². The van der Waals surface area contributed by atoms with E-state index in [2.05, 4.69) is 40.5 Å². The summed E-state index contributed by atoms with van der Waals surface area (Å²) >= 11 is 2.61. The maximum absolute atomic E-state index is 12.1. The van der Waals surface area contributed by atoms with Crippen LogP contribution in [0.4, 0.5) is 10.3 Å². The highest BCUT2D eigenvalue weighted by molar-refractivity contribution is 7.14. The lowest BCUT2D eigenvalue weighted by Crippen LogP contribution is -2.13. The Balaban J connectivity index is 0.000000181. The molecule has 6 aromatic rings. The van der Waals surface area contributed by atoms with Crippen LogP contribution in [0.5, 0.6) is 0 Å². The Hall–Kier alpha value is -6.48. The lowest BCUT2D eigenvalue weighted by atomic mass is 10.2. The number of nitriles is 2. The molecule has 4 N–H and O–H groups in total. The van der Waals surface area contributed by atoms with Gasteiger partial charge in [0, 0.05) is 40.4 Å². The van der Waals surface area contributed by atoms with E-state index in [1.54, 1.807) is 12.4 Å². The van der Waals surface area contributed by atoms with Gasteiger partial charge in [-0.2, -0.15) is 10.5 Å². The van der Waals surface area contributed by atoms with Gasteiger partial charge in [-0.15, -0.1) is 22.7 Å². The predicted molar refractivity (Wildman–Crippen MR) is 177 cm³/mol. The maximum Gasteiger partial charge on any atom is 0.268 e. The normalized spacial score (nSPS) is 11.0.